The zero-order chi connectivity index (χ0) is 17.8. The van der Waals surface area contributed by atoms with Crippen LogP contribution in [0.5, 0.6) is 0 Å². The van der Waals surface area contributed by atoms with E-state index in [4.69, 9.17) is 5.73 Å². The lowest BCUT2D eigenvalue weighted by Crippen LogP contribution is -2.17. The van der Waals surface area contributed by atoms with E-state index < -0.39 is 11.8 Å². The predicted molar refractivity (Wildman–Crippen MR) is 92.9 cm³/mol. The molecule has 3 aromatic rings. The molecule has 0 aliphatic heterocycles. The lowest BCUT2D eigenvalue weighted by molar-refractivity contribution is 0.0995. The standard InChI is InChI=1S/C18H15N5O2/c1-11-16(23-15(10-21-11)13-5-3-7-20-9-13)18(25)22-14-6-2-4-12(8-14)17(19)24/h2-10H,1H3,(H2,19,24)(H,22,25). The fourth-order valence-electron chi connectivity index (χ4n) is 2.26. The van der Waals surface area contributed by atoms with Crippen LogP contribution in [0.15, 0.2) is 55.0 Å². The molecule has 0 bridgehead atoms. The number of nitrogens with one attached hydrogen (secondary N) is 1. The summed E-state index contributed by atoms with van der Waals surface area (Å²) in [6, 6.07) is 10.0. The maximum absolute atomic E-state index is 12.6. The molecule has 0 saturated heterocycles. The molecule has 25 heavy (non-hydrogen) atoms. The number of hydrogen-bond donors (Lipinski definition) is 2. The summed E-state index contributed by atoms with van der Waals surface area (Å²) in [7, 11) is 0. The summed E-state index contributed by atoms with van der Waals surface area (Å²) in [4.78, 5) is 36.5. The number of aromatic nitrogens is 3. The number of hydrogen-bond acceptors (Lipinski definition) is 5. The highest BCUT2D eigenvalue weighted by Crippen LogP contribution is 2.17. The average Bonchev–Trinajstić information content (AvgIpc) is 2.63. The number of carbonyl (C=O) groups excluding carboxylic acids is 2. The van der Waals surface area contributed by atoms with Crippen molar-refractivity contribution in [3.63, 3.8) is 0 Å². The largest absolute Gasteiger partial charge is 0.366 e. The summed E-state index contributed by atoms with van der Waals surface area (Å²) in [5, 5.41) is 2.71. The number of rotatable bonds is 4. The molecule has 1 aromatic carbocycles. The molecule has 2 aromatic heterocycles. The van der Waals surface area contributed by atoms with Crippen LogP contribution in [0.3, 0.4) is 0 Å². The minimum Gasteiger partial charge on any atom is -0.366 e. The Labute approximate surface area is 144 Å². The summed E-state index contributed by atoms with van der Waals surface area (Å²) >= 11 is 0. The summed E-state index contributed by atoms with van der Waals surface area (Å²) < 4.78 is 0. The van der Waals surface area contributed by atoms with Crippen LogP contribution >= 0.6 is 0 Å². The first-order valence-electron chi connectivity index (χ1n) is 7.50. The minimum atomic E-state index is -0.564. The van der Waals surface area contributed by atoms with Gasteiger partial charge in [0.25, 0.3) is 5.91 Å². The third-order valence-corrected chi connectivity index (χ3v) is 3.53. The lowest BCUT2D eigenvalue weighted by Gasteiger charge is -2.09. The second kappa shape index (κ2) is 6.88. The SMILES string of the molecule is Cc1ncc(-c2cccnc2)nc1C(=O)Nc1cccc(C(N)=O)c1. The van der Waals surface area contributed by atoms with Gasteiger partial charge in [0.05, 0.1) is 17.6 Å². The zero-order valence-corrected chi connectivity index (χ0v) is 13.4. The number of aryl methyl sites for hydroxylation is 1. The maximum Gasteiger partial charge on any atom is 0.276 e. The molecule has 7 nitrogen and oxygen atoms in total. The number of primary amides is 1. The smallest absolute Gasteiger partial charge is 0.276 e. The van der Waals surface area contributed by atoms with Gasteiger partial charge in [-0.05, 0) is 37.3 Å². The van der Waals surface area contributed by atoms with Crippen molar-refractivity contribution in [2.24, 2.45) is 5.73 Å². The van der Waals surface area contributed by atoms with E-state index >= 15 is 0 Å². The molecule has 3 N–H and O–H groups in total. The van der Waals surface area contributed by atoms with Crippen LogP contribution in [0.2, 0.25) is 0 Å². The molecule has 0 aliphatic rings. The van der Waals surface area contributed by atoms with E-state index in [1.807, 2.05) is 6.07 Å². The highest BCUT2D eigenvalue weighted by atomic mass is 16.2. The lowest BCUT2D eigenvalue weighted by atomic mass is 10.2. The van der Waals surface area contributed by atoms with Gasteiger partial charge in [-0.3, -0.25) is 19.6 Å². The zero-order valence-electron chi connectivity index (χ0n) is 13.4. The van der Waals surface area contributed by atoms with Gasteiger partial charge in [-0.1, -0.05) is 6.07 Å². The molecule has 124 valence electrons. The van der Waals surface area contributed by atoms with E-state index in [9.17, 15) is 9.59 Å². The number of nitrogens with zero attached hydrogens (tertiary/aromatic N) is 3. The Morgan fingerprint density at radius 2 is 1.96 bits per heavy atom. The molecule has 0 atom stereocenters. The fourth-order valence-corrected chi connectivity index (χ4v) is 2.26. The molecule has 7 heteroatoms. The van der Waals surface area contributed by atoms with Crippen LogP contribution in [-0.4, -0.2) is 26.8 Å². The summed E-state index contributed by atoms with van der Waals surface area (Å²) in [6.45, 7) is 1.70. The Morgan fingerprint density at radius 3 is 2.68 bits per heavy atom. The van der Waals surface area contributed by atoms with Crippen molar-refractivity contribution < 1.29 is 9.59 Å². The van der Waals surface area contributed by atoms with Crippen LogP contribution in [0, 0.1) is 6.92 Å². The number of nitrogens with two attached hydrogens (primary N) is 1. The molecule has 0 spiro atoms. The Hall–Kier alpha value is -3.61. The number of anilines is 1. The van der Waals surface area contributed by atoms with Gasteiger partial charge in [0, 0.05) is 29.2 Å². The number of pyridine rings is 1. The van der Waals surface area contributed by atoms with E-state index in [1.54, 1.807) is 49.8 Å². The number of carbonyl (C=O) groups is 2. The van der Waals surface area contributed by atoms with Gasteiger partial charge in [0.1, 0.15) is 5.69 Å². The molecule has 3 rings (SSSR count). The molecule has 0 radical (unpaired) electrons. The summed E-state index contributed by atoms with van der Waals surface area (Å²) in [5.74, 6) is -0.983. The molecular formula is C18H15N5O2. The quantitative estimate of drug-likeness (QED) is 0.760. The Balaban J connectivity index is 1.89. The number of amides is 2. The van der Waals surface area contributed by atoms with Crippen molar-refractivity contribution in [3.8, 4) is 11.3 Å². The molecule has 2 heterocycles. The molecule has 0 fully saturated rings. The minimum absolute atomic E-state index is 0.200. The van der Waals surface area contributed by atoms with Crippen LogP contribution in [0.25, 0.3) is 11.3 Å². The van der Waals surface area contributed by atoms with Crippen molar-refractivity contribution in [2.45, 2.75) is 6.92 Å². The van der Waals surface area contributed by atoms with E-state index in [-0.39, 0.29) is 5.69 Å². The van der Waals surface area contributed by atoms with Crippen molar-refractivity contribution in [1.82, 2.24) is 15.0 Å². The summed E-state index contributed by atoms with van der Waals surface area (Å²) in [5.41, 5.74) is 8.03. The molecule has 2 amide bonds. The van der Waals surface area contributed by atoms with E-state index in [0.29, 0.717) is 22.6 Å². The van der Waals surface area contributed by atoms with Crippen LogP contribution < -0.4 is 11.1 Å². The second-order valence-electron chi connectivity index (χ2n) is 5.33. The van der Waals surface area contributed by atoms with Crippen LogP contribution in [-0.2, 0) is 0 Å². The molecule has 0 saturated carbocycles. The predicted octanol–water partition coefficient (Wildman–Crippen LogP) is 2.20. The van der Waals surface area contributed by atoms with Crippen LogP contribution in [0.4, 0.5) is 5.69 Å². The van der Waals surface area contributed by atoms with Crippen molar-refractivity contribution >= 4 is 17.5 Å². The normalized spacial score (nSPS) is 10.3. The Morgan fingerprint density at radius 1 is 1.12 bits per heavy atom. The van der Waals surface area contributed by atoms with E-state index in [0.717, 1.165) is 5.56 Å². The van der Waals surface area contributed by atoms with Crippen molar-refractivity contribution in [1.29, 1.82) is 0 Å². The molecule has 0 aliphatic carbocycles. The van der Waals surface area contributed by atoms with Crippen molar-refractivity contribution in [3.05, 3.63) is 71.9 Å². The van der Waals surface area contributed by atoms with Crippen molar-refractivity contribution in [2.75, 3.05) is 5.32 Å². The molecular weight excluding hydrogens is 318 g/mol. The van der Waals surface area contributed by atoms with Gasteiger partial charge in [0.15, 0.2) is 0 Å². The van der Waals surface area contributed by atoms with Gasteiger partial charge >= 0.3 is 0 Å². The number of benzene rings is 1. The van der Waals surface area contributed by atoms with Gasteiger partial charge in [-0.2, -0.15) is 0 Å². The average molecular weight is 333 g/mol. The Kier molecular flexibility index (Phi) is 4.47. The third kappa shape index (κ3) is 3.66. The highest BCUT2D eigenvalue weighted by Gasteiger charge is 2.15. The first-order valence-corrected chi connectivity index (χ1v) is 7.50. The van der Waals surface area contributed by atoms with E-state index in [2.05, 4.69) is 20.3 Å². The van der Waals surface area contributed by atoms with Crippen LogP contribution in [0.1, 0.15) is 26.5 Å². The fraction of sp³-hybridized carbons (Fsp3) is 0.0556. The van der Waals surface area contributed by atoms with Gasteiger partial charge in [-0.15, -0.1) is 0 Å². The first-order chi connectivity index (χ1) is 12.0. The van der Waals surface area contributed by atoms with E-state index in [1.165, 1.54) is 6.07 Å². The monoisotopic (exact) mass is 333 g/mol. The van der Waals surface area contributed by atoms with Gasteiger partial charge in [0.2, 0.25) is 5.91 Å². The second-order valence-corrected chi connectivity index (χ2v) is 5.33. The molecule has 0 unspecified atom stereocenters. The summed E-state index contributed by atoms with van der Waals surface area (Å²) in [6.07, 6.45) is 4.90. The van der Waals surface area contributed by atoms with Gasteiger partial charge < -0.3 is 11.1 Å². The first kappa shape index (κ1) is 16.3. The maximum atomic E-state index is 12.6. The van der Waals surface area contributed by atoms with Gasteiger partial charge in [-0.25, -0.2) is 4.98 Å². The Bertz CT molecular complexity index is 941. The topological polar surface area (TPSA) is 111 Å². The third-order valence-electron chi connectivity index (χ3n) is 3.53. The highest BCUT2D eigenvalue weighted by molar-refractivity contribution is 6.04.